The van der Waals surface area contributed by atoms with E-state index >= 15 is 0 Å². The van der Waals surface area contributed by atoms with Crippen LogP contribution in [-0.4, -0.2) is 27.1 Å². The number of carbonyl (C=O) groups is 1. The number of halogens is 1. The first kappa shape index (κ1) is 11.1. The van der Waals surface area contributed by atoms with Gasteiger partial charge in [-0.15, -0.1) is 0 Å². The highest BCUT2D eigenvalue weighted by atomic mass is 35.5. The highest BCUT2D eigenvalue weighted by molar-refractivity contribution is 6.34. The van der Waals surface area contributed by atoms with E-state index in [1.54, 1.807) is 4.90 Å². The molecule has 4 nitrogen and oxygen atoms in total. The fourth-order valence-electron chi connectivity index (χ4n) is 1.87. The highest BCUT2D eigenvalue weighted by Crippen LogP contribution is 2.41. The molecule has 5 heteroatoms. The SMILES string of the molecule is CC(C)N1Cc2c(O)c(O)cc(Cl)c2C1=O. The molecule has 1 aromatic rings. The van der Waals surface area contributed by atoms with Crippen LogP contribution >= 0.6 is 11.6 Å². The molecular weight excluding hydrogens is 230 g/mol. The lowest BCUT2D eigenvalue weighted by atomic mass is 10.1. The van der Waals surface area contributed by atoms with E-state index in [0.717, 1.165) is 0 Å². The number of amides is 1. The van der Waals surface area contributed by atoms with E-state index in [2.05, 4.69) is 0 Å². The van der Waals surface area contributed by atoms with Crippen LogP contribution < -0.4 is 0 Å². The standard InChI is InChI=1S/C11H12ClNO3/c1-5(2)13-4-6-9(11(13)16)7(12)3-8(14)10(6)15/h3,5,14-15H,4H2,1-2H3. The van der Waals surface area contributed by atoms with Crippen molar-refractivity contribution in [3.63, 3.8) is 0 Å². The number of benzene rings is 1. The first-order valence-electron chi connectivity index (χ1n) is 4.97. The summed E-state index contributed by atoms with van der Waals surface area (Å²) < 4.78 is 0. The number of carbonyl (C=O) groups excluding carboxylic acids is 1. The van der Waals surface area contributed by atoms with Gasteiger partial charge in [0.1, 0.15) is 0 Å². The van der Waals surface area contributed by atoms with E-state index < -0.39 is 0 Å². The lowest BCUT2D eigenvalue weighted by molar-refractivity contribution is 0.0730. The van der Waals surface area contributed by atoms with Gasteiger partial charge in [0.2, 0.25) is 0 Å². The van der Waals surface area contributed by atoms with Gasteiger partial charge in [-0.25, -0.2) is 0 Å². The van der Waals surface area contributed by atoms with Crippen molar-refractivity contribution < 1.29 is 15.0 Å². The molecule has 0 saturated carbocycles. The lowest BCUT2D eigenvalue weighted by Gasteiger charge is -2.19. The number of hydrogen-bond donors (Lipinski definition) is 2. The summed E-state index contributed by atoms with van der Waals surface area (Å²) >= 11 is 5.89. The summed E-state index contributed by atoms with van der Waals surface area (Å²) in [6, 6.07) is 1.22. The Morgan fingerprint density at radius 3 is 2.62 bits per heavy atom. The molecule has 16 heavy (non-hydrogen) atoms. The Morgan fingerprint density at radius 2 is 2.06 bits per heavy atom. The number of aromatic hydroxyl groups is 2. The molecule has 1 aliphatic rings. The zero-order chi connectivity index (χ0) is 12.0. The van der Waals surface area contributed by atoms with Gasteiger partial charge in [0.25, 0.3) is 5.91 Å². The Labute approximate surface area is 98.1 Å². The van der Waals surface area contributed by atoms with Gasteiger partial charge >= 0.3 is 0 Å². The van der Waals surface area contributed by atoms with E-state index in [1.165, 1.54) is 6.07 Å². The van der Waals surface area contributed by atoms with Gasteiger partial charge < -0.3 is 15.1 Å². The van der Waals surface area contributed by atoms with E-state index in [1.807, 2.05) is 13.8 Å². The normalized spacial score (nSPS) is 14.8. The minimum Gasteiger partial charge on any atom is -0.504 e. The smallest absolute Gasteiger partial charge is 0.256 e. The molecule has 0 spiro atoms. The second-order valence-electron chi connectivity index (χ2n) is 4.11. The van der Waals surface area contributed by atoms with E-state index in [-0.39, 0.29) is 35.0 Å². The third kappa shape index (κ3) is 1.41. The largest absolute Gasteiger partial charge is 0.504 e. The maximum atomic E-state index is 12.0. The number of hydrogen-bond acceptors (Lipinski definition) is 3. The van der Waals surface area contributed by atoms with Crippen LogP contribution in [0.4, 0.5) is 0 Å². The fourth-order valence-corrected chi connectivity index (χ4v) is 2.16. The Bertz CT molecular complexity index is 471. The van der Waals surface area contributed by atoms with Gasteiger partial charge in [0.15, 0.2) is 11.5 Å². The van der Waals surface area contributed by atoms with Gasteiger partial charge in [-0.2, -0.15) is 0 Å². The Morgan fingerprint density at radius 1 is 1.44 bits per heavy atom. The van der Waals surface area contributed by atoms with Crippen molar-refractivity contribution in [3.05, 3.63) is 22.2 Å². The summed E-state index contributed by atoms with van der Waals surface area (Å²) in [5.74, 6) is -0.747. The van der Waals surface area contributed by atoms with Crippen LogP contribution in [0.25, 0.3) is 0 Å². The van der Waals surface area contributed by atoms with Gasteiger partial charge in [-0.3, -0.25) is 4.79 Å². The van der Waals surface area contributed by atoms with Crippen molar-refractivity contribution in [1.29, 1.82) is 0 Å². The summed E-state index contributed by atoms with van der Waals surface area (Å²) in [7, 11) is 0. The number of rotatable bonds is 1. The summed E-state index contributed by atoms with van der Waals surface area (Å²) in [5, 5.41) is 19.3. The lowest BCUT2D eigenvalue weighted by Crippen LogP contribution is -2.30. The van der Waals surface area contributed by atoms with Gasteiger partial charge in [-0.05, 0) is 13.8 Å². The van der Waals surface area contributed by atoms with Crippen molar-refractivity contribution in [3.8, 4) is 11.5 Å². The second kappa shape index (κ2) is 3.56. The number of fused-ring (bicyclic) bond motifs is 1. The predicted molar refractivity (Wildman–Crippen MR) is 59.8 cm³/mol. The summed E-state index contributed by atoms with van der Waals surface area (Å²) in [4.78, 5) is 13.6. The van der Waals surface area contributed by atoms with Crippen LogP contribution in [0, 0.1) is 0 Å². The molecule has 1 aliphatic heterocycles. The first-order valence-corrected chi connectivity index (χ1v) is 5.35. The van der Waals surface area contributed by atoms with Crippen LogP contribution in [0.15, 0.2) is 6.07 Å². The second-order valence-corrected chi connectivity index (χ2v) is 4.51. The Balaban J connectivity index is 2.59. The van der Waals surface area contributed by atoms with Gasteiger partial charge in [-0.1, -0.05) is 11.6 Å². The molecule has 0 saturated heterocycles. The molecule has 2 rings (SSSR count). The van der Waals surface area contributed by atoms with Gasteiger partial charge in [0.05, 0.1) is 17.1 Å². The van der Waals surface area contributed by atoms with Crippen LogP contribution in [0.1, 0.15) is 29.8 Å². The summed E-state index contributed by atoms with van der Waals surface area (Å²) in [6.07, 6.45) is 0. The maximum absolute atomic E-state index is 12.0. The number of phenolic OH excluding ortho intramolecular Hbond substituents is 2. The van der Waals surface area contributed by atoms with E-state index in [0.29, 0.717) is 11.1 Å². The minimum absolute atomic E-state index is 0.0255. The zero-order valence-electron chi connectivity index (χ0n) is 8.99. The van der Waals surface area contributed by atoms with Crippen LogP contribution in [0.3, 0.4) is 0 Å². The molecular formula is C11H12ClNO3. The van der Waals surface area contributed by atoms with Crippen LogP contribution in [0.2, 0.25) is 5.02 Å². The molecule has 1 heterocycles. The number of phenols is 2. The molecule has 0 aromatic heterocycles. The van der Waals surface area contributed by atoms with Crippen LogP contribution in [0.5, 0.6) is 11.5 Å². The van der Waals surface area contributed by atoms with Gasteiger partial charge in [0, 0.05) is 17.7 Å². The molecule has 1 aromatic carbocycles. The molecule has 2 N–H and O–H groups in total. The van der Waals surface area contributed by atoms with Crippen molar-refractivity contribution in [1.82, 2.24) is 4.90 Å². The van der Waals surface area contributed by atoms with Crippen molar-refractivity contribution in [2.75, 3.05) is 0 Å². The summed E-state index contributed by atoms with van der Waals surface area (Å²) in [6.45, 7) is 4.05. The monoisotopic (exact) mass is 241 g/mol. The fraction of sp³-hybridized carbons (Fsp3) is 0.364. The average molecular weight is 242 g/mol. The third-order valence-corrected chi connectivity index (χ3v) is 3.06. The molecule has 0 atom stereocenters. The van der Waals surface area contributed by atoms with E-state index in [4.69, 9.17) is 11.6 Å². The molecule has 0 radical (unpaired) electrons. The van der Waals surface area contributed by atoms with Crippen molar-refractivity contribution in [2.45, 2.75) is 26.4 Å². The topological polar surface area (TPSA) is 60.8 Å². The highest BCUT2D eigenvalue weighted by Gasteiger charge is 2.34. The molecule has 86 valence electrons. The molecule has 0 bridgehead atoms. The maximum Gasteiger partial charge on any atom is 0.256 e. The van der Waals surface area contributed by atoms with Crippen LogP contribution in [-0.2, 0) is 6.54 Å². The minimum atomic E-state index is -0.290. The Kier molecular flexibility index (Phi) is 2.46. The zero-order valence-corrected chi connectivity index (χ0v) is 9.75. The first-order chi connectivity index (χ1) is 7.43. The van der Waals surface area contributed by atoms with E-state index in [9.17, 15) is 15.0 Å². The quantitative estimate of drug-likeness (QED) is 0.741. The molecule has 0 aliphatic carbocycles. The molecule has 1 amide bonds. The third-order valence-electron chi connectivity index (χ3n) is 2.76. The van der Waals surface area contributed by atoms with Crippen molar-refractivity contribution in [2.24, 2.45) is 0 Å². The molecule has 0 unspecified atom stereocenters. The molecule has 0 fully saturated rings. The van der Waals surface area contributed by atoms with Crippen molar-refractivity contribution >= 4 is 17.5 Å². The Hall–Kier alpha value is -1.42. The number of nitrogens with zero attached hydrogens (tertiary/aromatic N) is 1. The summed E-state index contributed by atoms with van der Waals surface area (Å²) in [5.41, 5.74) is 0.703. The predicted octanol–water partition coefficient (Wildman–Crippen LogP) is 2.12. The average Bonchev–Trinajstić information content (AvgIpc) is 2.53.